The van der Waals surface area contributed by atoms with Crippen molar-refractivity contribution in [1.29, 1.82) is 0 Å². The molecule has 5 nitrogen and oxygen atoms in total. The maximum absolute atomic E-state index is 12.1. The molecule has 2 rings (SSSR count). The molecular formula is C13H14N4O. The van der Waals surface area contributed by atoms with Gasteiger partial charge in [-0.05, 0) is 31.2 Å². The van der Waals surface area contributed by atoms with E-state index < -0.39 is 0 Å². The summed E-state index contributed by atoms with van der Waals surface area (Å²) in [6, 6.07) is 10.8. The zero-order valence-corrected chi connectivity index (χ0v) is 10.1. The molecule has 1 aromatic carbocycles. The highest BCUT2D eigenvalue weighted by atomic mass is 16.1. The van der Waals surface area contributed by atoms with Crippen LogP contribution in [0.5, 0.6) is 0 Å². The Kier molecular flexibility index (Phi) is 3.86. The maximum Gasteiger partial charge on any atom is 0.258 e. The first-order valence-corrected chi connectivity index (χ1v) is 5.73. The molecule has 0 fully saturated rings. The number of para-hydroxylation sites is 1. The zero-order chi connectivity index (χ0) is 12.8. The monoisotopic (exact) mass is 242 g/mol. The topological polar surface area (TPSA) is 66.9 Å². The fourth-order valence-corrected chi connectivity index (χ4v) is 1.58. The van der Waals surface area contributed by atoms with Crippen molar-refractivity contribution in [1.82, 2.24) is 10.2 Å². The molecule has 5 heteroatoms. The number of hydrogen-bond donors (Lipinski definition) is 2. The molecule has 0 bridgehead atoms. The molecule has 0 atom stereocenters. The van der Waals surface area contributed by atoms with Gasteiger partial charge in [-0.2, -0.15) is 5.10 Å². The van der Waals surface area contributed by atoms with Gasteiger partial charge in [-0.15, -0.1) is 5.10 Å². The summed E-state index contributed by atoms with van der Waals surface area (Å²) in [5.74, 6) is 0.237. The van der Waals surface area contributed by atoms with E-state index in [0.717, 1.165) is 12.2 Å². The van der Waals surface area contributed by atoms with E-state index in [1.807, 2.05) is 25.1 Å². The van der Waals surface area contributed by atoms with Gasteiger partial charge in [-0.1, -0.05) is 12.1 Å². The lowest BCUT2D eigenvalue weighted by molar-refractivity contribution is 0.102. The van der Waals surface area contributed by atoms with Gasteiger partial charge >= 0.3 is 0 Å². The van der Waals surface area contributed by atoms with Gasteiger partial charge in [0.2, 0.25) is 0 Å². The van der Waals surface area contributed by atoms with E-state index in [-0.39, 0.29) is 5.91 Å². The largest absolute Gasteiger partial charge is 0.385 e. The molecule has 0 saturated carbocycles. The third-order valence-electron chi connectivity index (χ3n) is 2.35. The minimum Gasteiger partial charge on any atom is -0.385 e. The average Bonchev–Trinajstić information content (AvgIpc) is 2.41. The molecule has 2 aromatic rings. The van der Waals surface area contributed by atoms with Gasteiger partial charge in [0.25, 0.3) is 5.91 Å². The SMILES string of the molecule is CCNc1ccccc1C(=O)Nc1cccnn1. The van der Waals surface area contributed by atoms with Crippen LogP contribution in [0.25, 0.3) is 0 Å². The van der Waals surface area contributed by atoms with E-state index in [4.69, 9.17) is 0 Å². The number of rotatable bonds is 4. The molecule has 18 heavy (non-hydrogen) atoms. The van der Waals surface area contributed by atoms with Crippen molar-refractivity contribution in [3.05, 3.63) is 48.2 Å². The minimum absolute atomic E-state index is 0.202. The van der Waals surface area contributed by atoms with Crippen LogP contribution in [0, 0.1) is 0 Å². The van der Waals surface area contributed by atoms with Crippen molar-refractivity contribution in [3.63, 3.8) is 0 Å². The summed E-state index contributed by atoms with van der Waals surface area (Å²) in [5.41, 5.74) is 1.39. The molecule has 2 N–H and O–H groups in total. The maximum atomic E-state index is 12.1. The fraction of sp³-hybridized carbons (Fsp3) is 0.154. The van der Waals surface area contributed by atoms with Crippen molar-refractivity contribution in [2.75, 3.05) is 17.2 Å². The first-order chi connectivity index (χ1) is 8.81. The summed E-state index contributed by atoms with van der Waals surface area (Å²) in [7, 11) is 0. The highest BCUT2D eigenvalue weighted by Crippen LogP contribution is 2.16. The van der Waals surface area contributed by atoms with Crippen LogP contribution in [-0.2, 0) is 0 Å². The van der Waals surface area contributed by atoms with Crippen LogP contribution in [0.3, 0.4) is 0 Å². The predicted octanol–water partition coefficient (Wildman–Crippen LogP) is 2.16. The third-order valence-corrected chi connectivity index (χ3v) is 2.35. The number of carbonyl (C=O) groups is 1. The lowest BCUT2D eigenvalue weighted by atomic mass is 10.1. The molecule has 0 aliphatic rings. The Morgan fingerprint density at radius 3 is 2.78 bits per heavy atom. The number of anilines is 2. The van der Waals surface area contributed by atoms with E-state index in [0.29, 0.717) is 11.4 Å². The first kappa shape index (κ1) is 12.0. The Balaban J connectivity index is 2.19. The highest BCUT2D eigenvalue weighted by molar-refractivity contribution is 6.07. The lowest BCUT2D eigenvalue weighted by Gasteiger charge is -2.10. The number of nitrogens with zero attached hydrogens (tertiary/aromatic N) is 2. The third kappa shape index (κ3) is 2.82. The summed E-state index contributed by atoms with van der Waals surface area (Å²) in [6.07, 6.45) is 1.56. The van der Waals surface area contributed by atoms with Crippen LogP contribution < -0.4 is 10.6 Å². The predicted molar refractivity (Wildman–Crippen MR) is 70.6 cm³/mol. The molecule has 0 saturated heterocycles. The Morgan fingerprint density at radius 2 is 2.06 bits per heavy atom. The molecule has 92 valence electrons. The van der Waals surface area contributed by atoms with E-state index in [9.17, 15) is 4.79 Å². The molecule has 1 amide bonds. The number of benzene rings is 1. The Hall–Kier alpha value is -2.43. The molecule has 0 unspecified atom stereocenters. The number of aromatic nitrogens is 2. The summed E-state index contributed by atoms with van der Waals surface area (Å²) in [6.45, 7) is 2.74. The average molecular weight is 242 g/mol. The highest BCUT2D eigenvalue weighted by Gasteiger charge is 2.10. The normalized spacial score (nSPS) is 9.83. The van der Waals surface area contributed by atoms with Crippen molar-refractivity contribution in [2.45, 2.75) is 6.92 Å². The van der Waals surface area contributed by atoms with Gasteiger partial charge in [0.05, 0.1) is 5.56 Å². The molecule has 0 aliphatic carbocycles. The van der Waals surface area contributed by atoms with Crippen molar-refractivity contribution in [3.8, 4) is 0 Å². The van der Waals surface area contributed by atoms with Gasteiger partial charge in [-0.3, -0.25) is 4.79 Å². The number of amides is 1. The van der Waals surface area contributed by atoms with Crippen LogP contribution in [0.1, 0.15) is 17.3 Å². The van der Waals surface area contributed by atoms with E-state index in [1.165, 1.54) is 0 Å². The number of nitrogens with one attached hydrogen (secondary N) is 2. The number of hydrogen-bond acceptors (Lipinski definition) is 4. The summed E-state index contributed by atoms with van der Waals surface area (Å²) in [4.78, 5) is 12.1. The standard InChI is InChI=1S/C13H14N4O/c1-2-14-11-7-4-3-6-10(11)13(18)16-12-8-5-9-15-17-12/h3-9,14H,2H2,1H3,(H,16,17,18). The molecule has 1 aromatic heterocycles. The van der Waals surface area contributed by atoms with Crippen LogP contribution in [0.4, 0.5) is 11.5 Å². The molecule has 0 radical (unpaired) electrons. The quantitative estimate of drug-likeness (QED) is 0.862. The van der Waals surface area contributed by atoms with Crippen LogP contribution in [0.15, 0.2) is 42.6 Å². The summed E-state index contributed by atoms with van der Waals surface area (Å²) < 4.78 is 0. The Bertz CT molecular complexity index is 528. The molecular weight excluding hydrogens is 228 g/mol. The van der Waals surface area contributed by atoms with Gasteiger partial charge in [-0.25, -0.2) is 0 Å². The van der Waals surface area contributed by atoms with Crippen LogP contribution in [0.2, 0.25) is 0 Å². The first-order valence-electron chi connectivity index (χ1n) is 5.73. The van der Waals surface area contributed by atoms with Crippen LogP contribution in [-0.4, -0.2) is 22.6 Å². The second-order valence-electron chi connectivity index (χ2n) is 3.64. The number of carbonyl (C=O) groups excluding carboxylic acids is 1. The zero-order valence-electron chi connectivity index (χ0n) is 10.1. The second kappa shape index (κ2) is 5.77. The van der Waals surface area contributed by atoms with Crippen molar-refractivity contribution < 1.29 is 4.79 Å². The molecule has 0 spiro atoms. The van der Waals surface area contributed by atoms with E-state index in [2.05, 4.69) is 20.8 Å². The van der Waals surface area contributed by atoms with Gasteiger partial charge < -0.3 is 10.6 Å². The van der Waals surface area contributed by atoms with Crippen LogP contribution >= 0.6 is 0 Å². The molecule has 1 heterocycles. The van der Waals surface area contributed by atoms with Gasteiger partial charge in [0.15, 0.2) is 5.82 Å². The minimum atomic E-state index is -0.202. The Labute approximate surface area is 105 Å². The van der Waals surface area contributed by atoms with E-state index >= 15 is 0 Å². The van der Waals surface area contributed by atoms with Gasteiger partial charge in [0, 0.05) is 18.4 Å². The van der Waals surface area contributed by atoms with Gasteiger partial charge in [0.1, 0.15) is 0 Å². The summed E-state index contributed by atoms with van der Waals surface area (Å²) in [5, 5.41) is 13.4. The fourth-order valence-electron chi connectivity index (χ4n) is 1.58. The smallest absolute Gasteiger partial charge is 0.258 e. The Morgan fingerprint density at radius 1 is 1.22 bits per heavy atom. The molecule has 0 aliphatic heterocycles. The van der Waals surface area contributed by atoms with Crippen molar-refractivity contribution >= 4 is 17.4 Å². The van der Waals surface area contributed by atoms with E-state index in [1.54, 1.807) is 24.4 Å². The van der Waals surface area contributed by atoms with Crippen molar-refractivity contribution in [2.24, 2.45) is 0 Å². The summed E-state index contributed by atoms with van der Waals surface area (Å²) >= 11 is 0. The lowest BCUT2D eigenvalue weighted by Crippen LogP contribution is -2.15. The second-order valence-corrected chi connectivity index (χ2v) is 3.64.